The van der Waals surface area contributed by atoms with Crippen LogP contribution in [0.5, 0.6) is 0 Å². The molecule has 0 amide bonds. The first-order chi connectivity index (χ1) is 13.1. The van der Waals surface area contributed by atoms with Crippen molar-refractivity contribution in [2.45, 2.75) is 32.4 Å². The van der Waals surface area contributed by atoms with Crippen LogP contribution in [0.1, 0.15) is 18.7 Å². The maximum Gasteiger partial charge on any atom is 0.293 e. The second kappa shape index (κ2) is 6.04. The molecular weight excluding hydrogens is 344 g/mol. The number of likely N-dealkylation sites (N-methyl/N-ethyl adjacent to an activating group) is 1. The summed E-state index contributed by atoms with van der Waals surface area (Å²) < 4.78 is 3.55. The van der Waals surface area contributed by atoms with Crippen molar-refractivity contribution in [3.05, 3.63) is 40.7 Å². The largest absolute Gasteiger partial charge is 0.351 e. The number of hydrogen-bond acceptors (Lipinski definition) is 7. The lowest BCUT2D eigenvalue weighted by atomic mass is 10.1. The predicted octanol–water partition coefficient (Wildman–Crippen LogP) is 0.724. The quantitative estimate of drug-likeness (QED) is 0.658. The van der Waals surface area contributed by atoms with E-state index in [9.17, 15) is 4.79 Å². The van der Waals surface area contributed by atoms with Gasteiger partial charge in [-0.15, -0.1) is 15.3 Å². The fourth-order valence-electron chi connectivity index (χ4n) is 3.52. The maximum atomic E-state index is 12.7. The lowest BCUT2D eigenvalue weighted by Gasteiger charge is -2.44. The molecule has 1 saturated heterocycles. The average Bonchev–Trinajstić information content (AvgIpc) is 3.37. The molecule has 2 fully saturated rings. The van der Waals surface area contributed by atoms with Crippen molar-refractivity contribution in [3.63, 3.8) is 0 Å². The molecule has 2 aliphatic rings. The van der Waals surface area contributed by atoms with Crippen LogP contribution in [-0.4, -0.2) is 55.5 Å². The predicted molar refractivity (Wildman–Crippen MR) is 101 cm³/mol. The van der Waals surface area contributed by atoms with Gasteiger partial charge in [0.1, 0.15) is 5.82 Å². The van der Waals surface area contributed by atoms with E-state index in [4.69, 9.17) is 0 Å². The molecule has 4 heterocycles. The highest BCUT2D eigenvalue weighted by molar-refractivity contribution is 5.50. The number of hydrogen-bond donors (Lipinski definition) is 0. The summed E-state index contributed by atoms with van der Waals surface area (Å²) >= 11 is 0. The van der Waals surface area contributed by atoms with E-state index < -0.39 is 0 Å². The van der Waals surface area contributed by atoms with Gasteiger partial charge in [-0.05, 0) is 37.8 Å². The standard InChI is InChI=1S/C18H22N8O/c1-12-20-21-15-5-6-16(22-26(12)15)25-10-14(11-25)23(2)17-18(27)24(8-7-19-17)9-13-3-4-13/h5-8,13-14H,3-4,9-11H2,1-2H3. The molecular formula is C18H22N8O. The third-order valence-corrected chi connectivity index (χ3v) is 5.52. The Morgan fingerprint density at radius 1 is 1.22 bits per heavy atom. The zero-order chi connectivity index (χ0) is 18.5. The number of aromatic nitrogens is 6. The summed E-state index contributed by atoms with van der Waals surface area (Å²) in [5.74, 6) is 2.85. The van der Waals surface area contributed by atoms with Crippen molar-refractivity contribution < 1.29 is 0 Å². The monoisotopic (exact) mass is 366 g/mol. The number of anilines is 2. The average molecular weight is 366 g/mol. The summed E-state index contributed by atoms with van der Waals surface area (Å²) in [4.78, 5) is 21.3. The molecule has 0 spiro atoms. The van der Waals surface area contributed by atoms with Crippen molar-refractivity contribution >= 4 is 17.3 Å². The Morgan fingerprint density at radius 2 is 2.04 bits per heavy atom. The Labute approximate surface area is 156 Å². The van der Waals surface area contributed by atoms with Crippen molar-refractivity contribution in [1.82, 2.24) is 29.4 Å². The van der Waals surface area contributed by atoms with Gasteiger partial charge in [-0.2, -0.15) is 4.52 Å². The molecule has 1 aliphatic carbocycles. The van der Waals surface area contributed by atoms with E-state index in [1.165, 1.54) is 12.8 Å². The number of aryl methyl sites for hydroxylation is 1. The van der Waals surface area contributed by atoms with Crippen molar-refractivity contribution in [2.75, 3.05) is 29.9 Å². The Kier molecular flexibility index (Phi) is 3.63. The minimum atomic E-state index is 0.00464. The molecule has 0 radical (unpaired) electrons. The van der Waals surface area contributed by atoms with Gasteiger partial charge in [-0.25, -0.2) is 4.98 Å². The Morgan fingerprint density at radius 3 is 2.81 bits per heavy atom. The topological polar surface area (TPSA) is 84.5 Å². The fourth-order valence-corrected chi connectivity index (χ4v) is 3.52. The van der Waals surface area contributed by atoms with Crippen molar-refractivity contribution in [2.24, 2.45) is 5.92 Å². The van der Waals surface area contributed by atoms with Crippen LogP contribution in [0, 0.1) is 12.8 Å². The summed E-state index contributed by atoms with van der Waals surface area (Å²) in [6.07, 6.45) is 5.98. The fraction of sp³-hybridized carbons (Fsp3) is 0.500. The lowest BCUT2D eigenvalue weighted by Crippen LogP contribution is -2.60. The minimum absolute atomic E-state index is 0.00464. The molecule has 5 rings (SSSR count). The number of rotatable bonds is 5. The van der Waals surface area contributed by atoms with E-state index in [1.54, 1.807) is 21.5 Å². The zero-order valence-electron chi connectivity index (χ0n) is 15.5. The van der Waals surface area contributed by atoms with Crippen LogP contribution < -0.4 is 15.4 Å². The summed E-state index contributed by atoms with van der Waals surface area (Å²) in [6, 6.07) is 4.12. The highest BCUT2D eigenvalue weighted by atomic mass is 16.1. The van der Waals surface area contributed by atoms with Crippen LogP contribution in [0.3, 0.4) is 0 Å². The number of fused-ring (bicyclic) bond motifs is 1. The van der Waals surface area contributed by atoms with Gasteiger partial charge in [0.15, 0.2) is 17.3 Å². The summed E-state index contributed by atoms with van der Waals surface area (Å²) in [6.45, 7) is 4.29. The Balaban J connectivity index is 1.31. The maximum absolute atomic E-state index is 12.7. The summed E-state index contributed by atoms with van der Waals surface area (Å²) in [7, 11) is 1.95. The van der Waals surface area contributed by atoms with Crippen LogP contribution in [0.2, 0.25) is 0 Å². The van der Waals surface area contributed by atoms with Crippen LogP contribution in [0.15, 0.2) is 29.3 Å². The molecule has 0 N–H and O–H groups in total. The second-order valence-electron chi connectivity index (χ2n) is 7.53. The zero-order valence-corrected chi connectivity index (χ0v) is 15.5. The SMILES string of the molecule is Cc1nnc2ccc(N3CC(N(C)c4nccn(CC5CC5)c4=O)C3)nn12. The molecule has 140 valence electrons. The first kappa shape index (κ1) is 16.2. The smallest absolute Gasteiger partial charge is 0.293 e. The van der Waals surface area contributed by atoms with Crippen LogP contribution >= 0.6 is 0 Å². The highest BCUT2D eigenvalue weighted by Crippen LogP contribution is 2.30. The molecule has 0 aromatic carbocycles. The molecule has 3 aromatic rings. The van der Waals surface area contributed by atoms with Crippen molar-refractivity contribution in [1.29, 1.82) is 0 Å². The summed E-state index contributed by atoms with van der Waals surface area (Å²) in [5.41, 5.74) is 0.750. The van der Waals surface area contributed by atoms with E-state index >= 15 is 0 Å². The Bertz CT molecular complexity index is 1050. The molecule has 1 aliphatic heterocycles. The van der Waals surface area contributed by atoms with Gasteiger partial charge in [-0.3, -0.25) is 4.79 Å². The third kappa shape index (κ3) is 2.83. The van der Waals surface area contributed by atoms with Crippen LogP contribution in [0.4, 0.5) is 11.6 Å². The molecule has 0 atom stereocenters. The minimum Gasteiger partial charge on any atom is -0.351 e. The first-order valence-electron chi connectivity index (χ1n) is 9.32. The Hall–Kier alpha value is -2.97. The highest BCUT2D eigenvalue weighted by Gasteiger charge is 2.33. The molecule has 0 bridgehead atoms. The van der Waals surface area contributed by atoms with Gasteiger partial charge in [-0.1, -0.05) is 0 Å². The van der Waals surface area contributed by atoms with Crippen LogP contribution in [0.25, 0.3) is 5.65 Å². The van der Waals surface area contributed by atoms with Gasteiger partial charge < -0.3 is 14.4 Å². The molecule has 9 heteroatoms. The summed E-state index contributed by atoms with van der Waals surface area (Å²) in [5, 5.41) is 12.7. The molecule has 27 heavy (non-hydrogen) atoms. The first-order valence-corrected chi connectivity index (χ1v) is 9.32. The van der Waals surface area contributed by atoms with E-state index in [1.807, 2.05) is 31.0 Å². The second-order valence-corrected chi connectivity index (χ2v) is 7.53. The van der Waals surface area contributed by atoms with Gasteiger partial charge in [0.05, 0.1) is 6.04 Å². The number of nitrogens with zero attached hydrogens (tertiary/aromatic N) is 8. The van der Waals surface area contributed by atoms with Gasteiger partial charge >= 0.3 is 0 Å². The van der Waals surface area contributed by atoms with E-state index in [-0.39, 0.29) is 11.6 Å². The molecule has 3 aromatic heterocycles. The van der Waals surface area contributed by atoms with Gasteiger partial charge in [0.2, 0.25) is 0 Å². The van der Waals surface area contributed by atoms with E-state index in [0.717, 1.165) is 36.9 Å². The van der Waals surface area contributed by atoms with E-state index in [2.05, 4.69) is 25.2 Å². The van der Waals surface area contributed by atoms with Crippen molar-refractivity contribution in [3.8, 4) is 0 Å². The molecule has 1 saturated carbocycles. The van der Waals surface area contributed by atoms with E-state index in [0.29, 0.717) is 11.7 Å². The normalized spacial score (nSPS) is 17.3. The van der Waals surface area contributed by atoms with Gasteiger partial charge in [0.25, 0.3) is 5.56 Å². The van der Waals surface area contributed by atoms with Gasteiger partial charge in [0, 0.05) is 39.1 Å². The molecule has 0 unspecified atom stereocenters. The van der Waals surface area contributed by atoms with Crippen LogP contribution in [-0.2, 0) is 6.54 Å². The molecule has 9 nitrogen and oxygen atoms in total. The third-order valence-electron chi connectivity index (χ3n) is 5.52. The lowest BCUT2D eigenvalue weighted by molar-refractivity contribution is 0.483.